The van der Waals surface area contributed by atoms with Crippen molar-refractivity contribution in [3.05, 3.63) is 54.1 Å². The first-order chi connectivity index (χ1) is 15.3. The maximum absolute atomic E-state index is 13.0. The van der Waals surface area contributed by atoms with Crippen molar-refractivity contribution < 1.29 is 18.0 Å². The van der Waals surface area contributed by atoms with Crippen LogP contribution < -0.4 is 10.6 Å². The summed E-state index contributed by atoms with van der Waals surface area (Å²) in [6, 6.07) is 15.4. The van der Waals surface area contributed by atoms with E-state index in [1.165, 1.54) is 12.1 Å². The van der Waals surface area contributed by atoms with Gasteiger partial charge >= 0.3 is 0 Å². The van der Waals surface area contributed by atoms with Crippen LogP contribution in [0.15, 0.2) is 53.4 Å². The number of hydrogen-bond donors (Lipinski definition) is 2. The van der Waals surface area contributed by atoms with Crippen molar-refractivity contribution in [2.45, 2.75) is 55.0 Å². The van der Waals surface area contributed by atoms with Gasteiger partial charge in [-0.2, -0.15) is 5.26 Å². The number of carbonyl (C=O) groups is 2. The van der Waals surface area contributed by atoms with Crippen molar-refractivity contribution in [1.29, 1.82) is 5.26 Å². The molecule has 0 heterocycles. The second-order valence-corrected chi connectivity index (χ2v) is 17.4. The summed E-state index contributed by atoms with van der Waals surface area (Å²) in [7, 11) is -5.00. The summed E-state index contributed by atoms with van der Waals surface area (Å²) in [6.45, 7) is 6.37. The molecule has 3 rings (SSSR count). The van der Waals surface area contributed by atoms with E-state index in [1.807, 2.05) is 6.07 Å². The van der Waals surface area contributed by atoms with Crippen LogP contribution in [0.2, 0.25) is 25.7 Å². The fourth-order valence-electron chi connectivity index (χ4n) is 3.51. The Bertz CT molecular complexity index is 1210. The first-order valence-electron chi connectivity index (χ1n) is 10.8. The zero-order chi connectivity index (χ0) is 24.4. The normalized spacial score (nSPS) is 15.7. The third-order valence-corrected chi connectivity index (χ3v) is 8.27. The Hall–Kier alpha value is -2.96. The van der Waals surface area contributed by atoms with E-state index in [2.05, 4.69) is 36.3 Å². The summed E-state index contributed by atoms with van der Waals surface area (Å²) < 4.78 is 23.4. The molecular formula is C24H29N3O4SSi. The van der Waals surface area contributed by atoms with Gasteiger partial charge < -0.3 is 10.6 Å². The molecule has 2 aromatic rings. The van der Waals surface area contributed by atoms with E-state index in [0.717, 1.165) is 17.4 Å². The number of amides is 2. The molecule has 33 heavy (non-hydrogen) atoms. The monoisotopic (exact) mass is 483 g/mol. The second-order valence-electron chi connectivity index (χ2n) is 9.85. The van der Waals surface area contributed by atoms with Crippen LogP contribution in [0.4, 0.5) is 0 Å². The largest absolute Gasteiger partial charge is 0.341 e. The first-order valence-corrected chi connectivity index (χ1v) is 16.4. The Kier molecular flexibility index (Phi) is 6.82. The molecule has 0 aliphatic heterocycles. The van der Waals surface area contributed by atoms with Gasteiger partial charge in [-0.15, -0.1) is 0 Å². The van der Waals surface area contributed by atoms with Gasteiger partial charge in [0.15, 0.2) is 9.84 Å². The Morgan fingerprint density at radius 1 is 1.09 bits per heavy atom. The highest BCUT2D eigenvalue weighted by Crippen LogP contribution is 2.34. The van der Waals surface area contributed by atoms with E-state index < -0.39 is 29.5 Å². The fourth-order valence-corrected chi connectivity index (χ4v) is 5.65. The molecule has 1 fully saturated rings. The zero-order valence-electron chi connectivity index (χ0n) is 19.3. The molecule has 0 bridgehead atoms. The highest BCUT2D eigenvalue weighted by atomic mass is 32.2. The highest BCUT2D eigenvalue weighted by molar-refractivity contribution is 7.90. The standard InChI is InChI=1S/C24H29N3O4SSi/c1-32(30,31)20-10-8-17(9-11-20)18-6-5-7-19(14-18)22(28)26-21(15-33(2,3)4)23(29)27-24(16-25)12-13-24/h5-11,14,21H,12-13,15H2,1-4H3,(H,26,28)(H,27,29). The Morgan fingerprint density at radius 2 is 1.73 bits per heavy atom. The number of nitrogens with zero attached hydrogens (tertiary/aromatic N) is 1. The van der Waals surface area contributed by atoms with Crippen LogP contribution >= 0.6 is 0 Å². The molecule has 9 heteroatoms. The number of hydrogen-bond acceptors (Lipinski definition) is 5. The summed E-state index contributed by atoms with van der Waals surface area (Å²) in [6.07, 6.45) is 2.41. The molecule has 2 amide bonds. The molecule has 1 aliphatic carbocycles. The van der Waals surface area contributed by atoms with Crippen molar-refractivity contribution in [2.24, 2.45) is 0 Å². The van der Waals surface area contributed by atoms with Crippen LogP contribution in [0.5, 0.6) is 0 Å². The average Bonchev–Trinajstić information content (AvgIpc) is 3.51. The molecule has 0 aromatic heterocycles. The summed E-state index contributed by atoms with van der Waals surface area (Å²) >= 11 is 0. The molecule has 1 saturated carbocycles. The zero-order valence-corrected chi connectivity index (χ0v) is 21.1. The van der Waals surface area contributed by atoms with Crippen molar-refractivity contribution in [3.8, 4) is 17.2 Å². The van der Waals surface area contributed by atoms with Gasteiger partial charge in [0.25, 0.3) is 5.91 Å². The third kappa shape index (κ3) is 6.52. The van der Waals surface area contributed by atoms with E-state index >= 15 is 0 Å². The SMILES string of the molecule is C[Si](C)(C)CC(NC(=O)c1cccc(-c2ccc(S(C)(=O)=O)cc2)c1)C(=O)NC1(C#N)CC1. The summed E-state index contributed by atoms with van der Waals surface area (Å²) in [5, 5.41) is 15.0. The lowest BCUT2D eigenvalue weighted by molar-refractivity contribution is -0.123. The van der Waals surface area contributed by atoms with Gasteiger partial charge in [0.1, 0.15) is 11.6 Å². The van der Waals surface area contributed by atoms with Gasteiger partial charge in [-0.25, -0.2) is 8.42 Å². The molecule has 2 aromatic carbocycles. The van der Waals surface area contributed by atoms with Crippen LogP contribution in [-0.2, 0) is 14.6 Å². The third-order valence-electron chi connectivity index (χ3n) is 5.51. The lowest BCUT2D eigenvalue weighted by atomic mass is 10.0. The fraction of sp³-hybridized carbons (Fsp3) is 0.375. The van der Waals surface area contributed by atoms with Crippen LogP contribution in [-0.4, -0.2) is 46.1 Å². The number of rotatable bonds is 8. The molecule has 1 atom stereocenters. The molecule has 0 radical (unpaired) electrons. The first kappa shape index (κ1) is 24.7. The summed E-state index contributed by atoms with van der Waals surface area (Å²) in [4.78, 5) is 26.2. The van der Waals surface area contributed by atoms with Gasteiger partial charge in [-0.1, -0.05) is 43.9 Å². The van der Waals surface area contributed by atoms with E-state index in [0.29, 0.717) is 24.4 Å². The molecule has 0 spiro atoms. The Labute approximate surface area is 196 Å². The maximum atomic E-state index is 13.0. The van der Waals surface area contributed by atoms with Crippen LogP contribution in [0.1, 0.15) is 23.2 Å². The van der Waals surface area contributed by atoms with Gasteiger partial charge in [0, 0.05) is 19.9 Å². The maximum Gasteiger partial charge on any atom is 0.251 e. The minimum atomic E-state index is -3.29. The minimum Gasteiger partial charge on any atom is -0.341 e. The molecule has 1 unspecified atom stereocenters. The lowest BCUT2D eigenvalue weighted by Crippen LogP contribution is -2.52. The Balaban J connectivity index is 1.80. The van der Waals surface area contributed by atoms with Crippen LogP contribution in [0, 0.1) is 11.3 Å². The van der Waals surface area contributed by atoms with Crippen molar-refractivity contribution in [1.82, 2.24) is 10.6 Å². The Morgan fingerprint density at radius 3 is 2.24 bits per heavy atom. The number of nitriles is 1. The molecule has 2 N–H and O–H groups in total. The van der Waals surface area contributed by atoms with Crippen molar-refractivity contribution in [3.63, 3.8) is 0 Å². The topological polar surface area (TPSA) is 116 Å². The van der Waals surface area contributed by atoms with Crippen molar-refractivity contribution in [2.75, 3.05) is 6.26 Å². The molecular weight excluding hydrogens is 454 g/mol. The van der Waals surface area contributed by atoms with E-state index in [9.17, 15) is 23.3 Å². The van der Waals surface area contributed by atoms with E-state index in [-0.39, 0.29) is 16.7 Å². The highest BCUT2D eigenvalue weighted by Gasteiger charge is 2.46. The second kappa shape index (κ2) is 9.12. The average molecular weight is 484 g/mol. The van der Waals surface area contributed by atoms with Gasteiger partial charge in [-0.05, 0) is 54.3 Å². The number of sulfone groups is 1. The number of benzene rings is 2. The summed E-state index contributed by atoms with van der Waals surface area (Å²) in [5.74, 6) is -0.692. The lowest BCUT2D eigenvalue weighted by Gasteiger charge is -2.26. The van der Waals surface area contributed by atoms with Gasteiger partial charge in [0.2, 0.25) is 5.91 Å². The van der Waals surface area contributed by atoms with Crippen LogP contribution in [0.25, 0.3) is 11.1 Å². The quantitative estimate of drug-likeness (QED) is 0.559. The number of carbonyl (C=O) groups excluding carboxylic acids is 2. The molecule has 7 nitrogen and oxygen atoms in total. The van der Waals surface area contributed by atoms with Gasteiger partial charge in [0.05, 0.1) is 11.0 Å². The van der Waals surface area contributed by atoms with E-state index in [1.54, 1.807) is 30.3 Å². The smallest absolute Gasteiger partial charge is 0.251 e. The molecule has 0 saturated heterocycles. The molecule has 174 valence electrons. The summed E-state index contributed by atoms with van der Waals surface area (Å²) in [5.41, 5.74) is 1.14. The van der Waals surface area contributed by atoms with Crippen molar-refractivity contribution >= 4 is 29.7 Å². The molecule has 1 aliphatic rings. The number of nitrogens with one attached hydrogen (secondary N) is 2. The predicted molar refractivity (Wildman–Crippen MR) is 130 cm³/mol. The van der Waals surface area contributed by atoms with E-state index in [4.69, 9.17) is 0 Å². The predicted octanol–water partition coefficient (Wildman–Crippen LogP) is 3.37. The van der Waals surface area contributed by atoms with Crippen LogP contribution in [0.3, 0.4) is 0 Å². The van der Waals surface area contributed by atoms with Gasteiger partial charge in [-0.3, -0.25) is 9.59 Å². The minimum absolute atomic E-state index is 0.228.